The Balaban J connectivity index is 1.87. The van der Waals surface area contributed by atoms with E-state index in [0.717, 1.165) is 0 Å². The van der Waals surface area contributed by atoms with Crippen LogP contribution in [-0.2, 0) is 16.6 Å². The van der Waals surface area contributed by atoms with Crippen molar-refractivity contribution in [3.05, 3.63) is 16.4 Å². The molecule has 2 fully saturated rings. The lowest BCUT2D eigenvalue weighted by molar-refractivity contribution is -0.138. The van der Waals surface area contributed by atoms with Crippen LogP contribution < -0.4 is 0 Å². The summed E-state index contributed by atoms with van der Waals surface area (Å²) in [4.78, 5) is 27.8. The van der Waals surface area contributed by atoms with Crippen LogP contribution in [0.3, 0.4) is 0 Å². The normalized spacial score (nSPS) is 24.7. The Hall–Kier alpha value is -1.64. The van der Waals surface area contributed by atoms with Crippen LogP contribution in [0.2, 0.25) is 5.02 Å². The molecule has 1 N–H and O–H groups in total. The number of halogens is 1. The van der Waals surface area contributed by atoms with E-state index in [9.17, 15) is 9.59 Å². The van der Waals surface area contributed by atoms with E-state index in [-0.39, 0.29) is 24.4 Å². The molecule has 0 spiro atoms. The van der Waals surface area contributed by atoms with Gasteiger partial charge in [0.1, 0.15) is 5.69 Å². The van der Waals surface area contributed by atoms with Crippen molar-refractivity contribution in [3.63, 3.8) is 0 Å². The highest BCUT2D eigenvalue weighted by atomic mass is 35.5. The summed E-state index contributed by atoms with van der Waals surface area (Å²) in [6.45, 7) is 4.26. The van der Waals surface area contributed by atoms with Crippen molar-refractivity contribution in [3.8, 4) is 0 Å². The number of aliphatic carboxylic acids is 1. The maximum Gasteiger partial charge on any atom is 0.317 e. The van der Waals surface area contributed by atoms with Crippen molar-refractivity contribution in [2.45, 2.75) is 13.0 Å². The SMILES string of the molecule is Cc1nn(C)c(C(=O)N2C[C@H]3COC[C@@H]2CN(CC(=O)O)C3)c1Cl. The summed E-state index contributed by atoms with van der Waals surface area (Å²) in [5, 5.41) is 13.6. The molecule has 1 aromatic rings. The molecule has 2 aliphatic rings. The second-order valence-corrected chi connectivity index (χ2v) is 6.85. The number of carbonyl (C=O) groups is 2. The summed E-state index contributed by atoms with van der Waals surface area (Å²) >= 11 is 6.26. The number of carboxylic acids is 1. The molecule has 0 radical (unpaired) electrons. The van der Waals surface area contributed by atoms with Crippen molar-refractivity contribution in [2.24, 2.45) is 13.0 Å². The smallest absolute Gasteiger partial charge is 0.317 e. The predicted molar refractivity (Wildman–Crippen MR) is 86.2 cm³/mol. The van der Waals surface area contributed by atoms with Gasteiger partial charge in [0.2, 0.25) is 0 Å². The summed E-state index contributed by atoms with van der Waals surface area (Å²) in [6.07, 6.45) is 0. The van der Waals surface area contributed by atoms with Crippen molar-refractivity contribution in [1.29, 1.82) is 0 Å². The van der Waals surface area contributed by atoms with E-state index >= 15 is 0 Å². The van der Waals surface area contributed by atoms with E-state index in [0.29, 0.717) is 49.3 Å². The van der Waals surface area contributed by atoms with E-state index in [1.807, 2.05) is 4.90 Å². The lowest BCUT2D eigenvalue weighted by Crippen LogP contribution is -2.47. The van der Waals surface area contributed by atoms with Gasteiger partial charge in [0.05, 0.1) is 36.5 Å². The zero-order valence-electron chi connectivity index (χ0n) is 13.7. The molecule has 0 saturated carbocycles. The molecule has 3 rings (SSSR count). The van der Waals surface area contributed by atoms with Gasteiger partial charge in [0.25, 0.3) is 5.91 Å². The fourth-order valence-corrected chi connectivity index (χ4v) is 3.75. The molecule has 2 atom stereocenters. The number of carbonyl (C=O) groups excluding carboxylic acids is 1. The van der Waals surface area contributed by atoms with Crippen LogP contribution in [-0.4, -0.2) is 82.0 Å². The van der Waals surface area contributed by atoms with Gasteiger partial charge in [-0.15, -0.1) is 0 Å². The third-order valence-corrected chi connectivity index (χ3v) is 4.97. The maximum atomic E-state index is 13.1. The third kappa shape index (κ3) is 3.26. The number of rotatable bonds is 3. The van der Waals surface area contributed by atoms with Crippen LogP contribution >= 0.6 is 11.6 Å². The number of aromatic nitrogens is 2. The van der Waals surface area contributed by atoms with Crippen LogP contribution in [0.4, 0.5) is 0 Å². The van der Waals surface area contributed by atoms with Crippen LogP contribution in [0.25, 0.3) is 0 Å². The molecule has 2 bridgehead atoms. The van der Waals surface area contributed by atoms with Crippen LogP contribution in [0, 0.1) is 12.8 Å². The minimum Gasteiger partial charge on any atom is -0.480 e. The van der Waals surface area contributed by atoms with Gasteiger partial charge in [-0.25, -0.2) is 0 Å². The molecule has 0 unspecified atom stereocenters. The summed E-state index contributed by atoms with van der Waals surface area (Å²) in [5.74, 6) is -0.964. The van der Waals surface area contributed by atoms with E-state index < -0.39 is 5.97 Å². The number of ether oxygens (including phenoxy) is 1. The average Bonchev–Trinajstić information content (AvgIpc) is 2.66. The van der Waals surface area contributed by atoms with Crippen LogP contribution in [0.15, 0.2) is 0 Å². The van der Waals surface area contributed by atoms with Gasteiger partial charge in [0.15, 0.2) is 0 Å². The van der Waals surface area contributed by atoms with Crippen molar-refractivity contribution >= 4 is 23.5 Å². The number of amides is 1. The summed E-state index contributed by atoms with van der Waals surface area (Å²) in [6, 6.07) is -0.198. The van der Waals surface area contributed by atoms with Gasteiger partial charge < -0.3 is 14.7 Å². The van der Waals surface area contributed by atoms with E-state index in [4.69, 9.17) is 21.4 Å². The molecule has 1 aromatic heterocycles. The number of hydrogen-bond acceptors (Lipinski definition) is 5. The first-order chi connectivity index (χ1) is 11.4. The van der Waals surface area contributed by atoms with E-state index in [1.165, 1.54) is 4.68 Å². The lowest BCUT2D eigenvalue weighted by atomic mass is 10.1. The highest BCUT2D eigenvalue weighted by molar-refractivity contribution is 6.34. The first-order valence-electron chi connectivity index (χ1n) is 7.88. The highest BCUT2D eigenvalue weighted by Gasteiger charge is 2.38. The fraction of sp³-hybridized carbons (Fsp3) is 0.667. The van der Waals surface area contributed by atoms with E-state index in [2.05, 4.69) is 5.10 Å². The molecule has 132 valence electrons. The molecule has 2 aliphatic heterocycles. The predicted octanol–water partition coefficient (Wildman–Crippen LogP) is 0.239. The molecule has 0 aliphatic carbocycles. The first kappa shape index (κ1) is 17.2. The Bertz CT molecular complexity index is 662. The number of hydrogen-bond donors (Lipinski definition) is 1. The molecule has 0 aromatic carbocycles. The Morgan fingerprint density at radius 3 is 2.71 bits per heavy atom. The minimum absolute atomic E-state index is 0.0272. The molecule has 3 heterocycles. The van der Waals surface area contributed by atoms with Gasteiger partial charge >= 0.3 is 5.97 Å². The second kappa shape index (κ2) is 6.70. The van der Waals surface area contributed by atoms with Gasteiger partial charge in [0, 0.05) is 32.6 Å². The van der Waals surface area contributed by atoms with Gasteiger partial charge in [-0.3, -0.25) is 19.2 Å². The standard InChI is InChI=1S/C15H21ClN4O4/c1-9-13(16)14(18(2)17-9)15(23)20-4-10-3-19(6-12(21)22)5-11(20)8-24-7-10/h10-11H,3-8H2,1-2H3,(H,21,22)/t10-,11-/m0/s1. The number of fused-ring (bicyclic) bond motifs is 3. The molecular formula is C15H21ClN4O4. The molecule has 8 nitrogen and oxygen atoms in total. The lowest BCUT2D eigenvalue weighted by Gasteiger charge is -2.30. The maximum absolute atomic E-state index is 13.1. The third-order valence-electron chi connectivity index (χ3n) is 4.52. The second-order valence-electron chi connectivity index (χ2n) is 6.47. The Morgan fingerprint density at radius 2 is 2.08 bits per heavy atom. The molecule has 2 saturated heterocycles. The average molecular weight is 357 g/mol. The van der Waals surface area contributed by atoms with Crippen molar-refractivity contribution in [1.82, 2.24) is 19.6 Å². The van der Waals surface area contributed by atoms with Gasteiger partial charge in [-0.2, -0.15) is 5.10 Å². The number of aryl methyl sites for hydroxylation is 2. The molecule has 9 heteroatoms. The van der Waals surface area contributed by atoms with Gasteiger partial charge in [-0.05, 0) is 6.92 Å². The quantitative estimate of drug-likeness (QED) is 0.834. The van der Waals surface area contributed by atoms with Crippen LogP contribution in [0.1, 0.15) is 16.2 Å². The Kier molecular flexibility index (Phi) is 4.80. The Morgan fingerprint density at radius 1 is 1.33 bits per heavy atom. The number of carboxylic acid groups (broad SMARTS) is 1. The zero-order valence-corrected chi connectivity index (χ0v) is 14.5. The molecular weight excluding hydrogens is 336 g/mol. The monoisotopic (exact) mass is 356 g/mol. The largest absolute Gasteiger partial charge is 0.480 e. The minimum atomic E-state index is -0.862. The van der Waals surface area contributed by atoms with E-state index in [1.54, 1.807) is 18.9 Å². The number of nitrogens with zero attached hydrogens (tertiary/aromatic N) is 4. The van der Waals surface area contributed by atoms with Crippen LogP contribution in [0.5, 0.6) is 0 Å². The zero-order chi connectivity index (χ0) is 17.4. The molecule has 24 heavy (non-hydrogen) atoms. The van der Waals surface area contributed by atoms with Crippen molar-refractivity contribution in [2.75, 3.05) is 39.4 Å². The first-order valence-corrected chi connectivity index (χ1v) is 8.26. The topological polar surface area (TPSA) is 87.9 Å². The fourth-order valence-electron chi connectivity index (χ4n) is 3.51. The van der Waals surface area contributed by atoms with Crippen molar-refractivity contribution < 1.29 is 19.4 Å². The summed E-state index contributed by atoms with van der Waals surface area (Å²) < 4.78 is 7.18. The summed E-state index contributed by atoms with van der Waals surface area (Å²) in [7, 11) is 1.70. The Labute approximate surface area is 144 Å². The van der Waals surface area contributed by atoms with Gasteiger partial charge in [-0.1, -0.05) is 11.6 Å². The highest BCUT2D eigenvalue weighted by Crippen LogP contribution is 2.26. The molecule has 1 amide bonds. The summed E-state index contributed by atoms with van der Waals surface area (Å²) in [5.41, 5.74) is 0.982.